The lowest BCUT2D eigenvalue weighted by molar-refractivity contribution is 0.241. The minimum atomic E-state index is -4.02. The monoisotopic (exact) mass is 356 g/mol. The van der Waals surface area contributed by atoms with E-state index in [-0.39, 0.29) is 0 Å². The standard InChI is InChI=1S/C19H32O4S/c1-4-6-8-10-17-12-18(11-9-7-5-2)14-19(13-17)23-16(3)15-24(20,21)22/h12-14,16H,4-11,15H2,1-3H3,(H,20,21,22). The van der Waals surface area contributed by atoms with Crippen LogP contribution in [-0.4, -0.2) is 24.8 Å². The highest BCUT2D eigenvalue weighted by molar-refractivity contribution is 7.85. The molecule has 24 heavy (non-hydrogen) atoms. The molecule has 4 nitrogen and oxygen atoms in total. The maximum Gasteiger partial charge on any atom is 0.268 e. The predicted octanol–water partition coefficient (Wildman–Crippen LogP) is 4.81. The van der Waals surface area contributed by atoms with Gasteiger partial charge in [-0.25, -0.2) is 0 Å². The Morgan fingerprint density at radius 1 is 0.958 bits per heavy atom. The fraction of sp³-hybridized carbons (Fsp3) is 0.684. The van der Waals surface area contributed by atoms with Crippen molar-refractivity contribution < 1.29 is 17.7 Å². The fourth-order valence-electron chi connectivity index (χ4n) is 2.81. The van der Waals surface area contributed by atoms with E-state index < -0.39 is 22.0 Å². The third-order valence-corrected chi connectivity index (χ3v) is 4.84. The van der Waals surface area contributed by atoms with Crippen molar-refractivity contribution in [2.75, 3.05) is 5.75 Å². The van der Waals surface area contributed by atoms with Crippen LogP contribution in [0.1, 0.15) is 70.4 Å². The van der Waals surface area contributed by atoms with Gasteiger partial charge in [-0.05, 0) is 55.9 Å². The fourth-order valence-corrected chi connectivity index (χ4v) is 3.47. The first kappa shape index (κ1) is 21.0. The Morgan fingerprint density at radius 3 is 1.88 bits per heavy atom. The van der Waals surface area contributed by atoms with Crippen LogP contribution in [-0.2, 0) is 23.0 Å². The zero-order valence-electron chi connectivity index (χ0n) is 15.3. The number of ether oxygens (including phenoxy) is 1. The molecule has 0 amide bonds. The molecule has 0 aliphatic carbocycles. The summed E-state index contributed by atoms with van der Waals surface area (Å²) in [6.45, 7) is 6.04. The Hall–Kier alpha value is -1.07. The normalized spacial score (nSPS) is 13.0. The lowest BCUT2D eigenvalue weighted by Gasteiger charge is -2.16. The molecule has 0 radical (unpaired) electrons. The SMILES string of the molecule is CCCCCc1cc(CCCCC)cc(OC(C)CS(=O)(=O)O)c1. The third kappa shape index (κ3) is 9.28. The molecule has 0 heterocycles. The van der Waals surface area contributed by atoms with Crippen LogP contribution in [0.15, 0.2) is 18.2 Å². The zero-order valence-corrected chi connectivity index (χ0v) is 16.1. The summed E-state index contributed by atoms with van der Waals surface area (Å²) in [5, 5.41) is 0. The van der Waals surface area contributed by atoms with E-state index in [1.807, 2.05) is 12.1 Å². The number of hydrogen-bond acceptors (Lipinski definition) is 3. The molecular formula is C19H32O4S. The Bertz CT molecular complexity index is 553. The second-order valence-corrected chi connectivity index (χ2v) is 8.07. The first-order chi connectivity index (χ1) is 11.3. The minimum absolute atomic E-state index is 0.391. The van der Waals surface area contributed by atoms with Crippen LogP contribution >= 0.6 is 0 Å². The van der Waals surface area contributed by atoms with E-state index in [2.05, 4.69) is 19.9 Å². The Balaban J connectivity index is 2.82. The molecule has 0 spiro atoms. The van der Waals surface area contributed by atoms with Crippen molar-refractivity contribution >= 4 is 10.1 Å². The molecular weight excluding hydrogens is 324 g/mol. The van der Waals surface area contributed by atoms with Crippen molar-refractivity contribution in [1.82, 2.24) is 0 Å². The second-order valence-electron chi connectivity index (χ2n) is 6.58. The number of benzene rings is 1. The molecule has 1 aromatic carbocycles. The van der Waals surface area contributed by atoms with Crippen molar-refractivity contribution in [2.45, 2.75) is 78.2 Å². The first-order valence-electron chi connectivity index (χ1n) is 9.08. The summed E-state index contributed by atoms with van der Waals surface area (Å²) >= 11 is 0. The van der Waals surface area contributed by atoms with E-state index in [9.17, 15) is 8.42 Å². The largest absolute Gasteiger partial charge is 0.490 e. The van der Waals surface area contributed by atoms with Gasteiger partial charge < -0.3 is 4.74 Å². The molecule has 138 valence electrons. The molecule has 1 N–H and O–H groups in total. The molecule has 0 aromatic heterocycles. The molecule has 1 atom stereocenters. The van der Waals surface area contributed by atoms with Crippen molar-refractivity contribution in [3.8, 4) is 5.75 Å². The van der Waals surface area contributed by atoms with Gasteiger partial charge in [0.1, 0.15) is 17.6 Å². The van der Waals surface area contributed by atoms with E-state index >= 15 is 0 Å². The van der Waals surface area contributed by atoms with Gasteiger partial charge in [-0.2, -0.15) is 8.42 Å². The van der Waals surface area contributed by atoms with Crippen LogP contribution in [0.2, 0.25) is 0 Å². The van der Waals surface area contributed by atoms with Crippen molar-refractivity contribution in [3.05, 3.63) is 29.3 Å². The Labute approximate surface area is 147 Å². The maximum atomic E-state index is 11.0. The lowest BCUT2D eigenvalue weighted by atomic mass is 10.0. The van der Waals surface area contributed by atoms with Gasteiger partial charge in [0, 0.05) is 0 Å². The highest BCUT2D eigenvalue weighted by atomic mass is 32.2. The number of hydrogen-bond donors (Lipinski definition) is 1. The number of unbranched alkanes of at least 4 members (excludes halogenated alkanes) is 4. The second kappa shape index (κ2) is 10.7. The summed E-state index contributed by atoms with van der Waals surface area (Å²) < 4.78 is 36.7. The van der Waals surface area contributed by atoms with Gasteiger partial charge in [-0.1, -0.05) is 45.6 Å². The lowest BCUT2D eigenvalue weighted by Crippen LogP contribution is -2.23. The van der Waals surface area contributed by atoms with Gasteiger partial charge in [-0.3, -0.25) is 4.55 Å². The average molecular weight is 357 g/mol. The van der Waals surface area contributed by atoms with Crippen LogP contribution in [0.5, 0.6) is 5.75 Å². The van der Waals surface area contributed by atoms with Crippen LogP contribution in [0, 0.1) is 0 Å². The summed E-state index contributed by atoms with van der Waals surface area (Å²) in [5.41, 5.74) is 2.48. The van der Waals surface area contributed by atoms with Crippen molar-refractivity contribution in [3.63, 3.8) is 0 Å². The predicted molar refractivity (Wildman–Crippen MR) is 99.4 cm³/mol. The summed E-state index contributed by atoms with van der Waals surface area (Å²) in [4.78, 5) is 0. The van der Waals surface area contributed by atoms with Gasteiger partial charge >= 0.3 is 0 Å². The third-order valence-electron chi connectivity index (χ3n) is 3.95. The molecule has 0 saturated carbocycles. The molecule has 0 saturated heterocycles. The average Bonchev–Trinajstić information content (AvgIpc) is 2.45. The van der Waals surface area contributed by atoms with E-state index in [1.54, 1.807) is 6.92 Å². The van der Waals surface area contributed by atoms with E-state index in [0.29, 0.717) is 5.75 Å². The van der Waals surface area contributed by atoms with E-state index in [1.165, 1.54) is 36.8 Å². The molecule has 1 unspecified atom stereocenters. The van der Waals surface area contributed by atoms with Crippen molar-refractivity contribution in [1.29, 1.82) is 0 Å². The Morgan fingerprint density at radius 2 is 1.46 bits per heavy atom. The zero-order chi connectivity index (χ0) is 18.0. The quantitative estimate of drug-likeness (QED) is 0.431. The molecule has 0 aliphatic heterocycles. The smallest absolute Gasteiger partial charge is 0.268 e. The summed E-state index contributed by atoms with van der Waals surface area (Å²) in [6, 6.07) is 6.24. The molecule has 0 bridgehead atoms. The molecule has 1 aromatic rings. The first-order valence-corrected chi connectivity index (χ1v) is 10.7. The van der Waals surface area contributed by atoms with Gasteiger partial charge in [0.2, 0.25) is 0 Å². The van der Waals surface area contributed by atoms with Crippen LogP contribution < -0.4 is 4.74 Å². The molecule has 0 fully saturated rings. The van der Waals surface area contributed by atoms with Crippen LogP contribution in [0.4, 0.5) is 0 Å². The number of rotatable bonds is 12. The molecule has 0 aliphatic rings. The maximum absolute atomic E-state index is 11.0. The highest BCUT2D eigenvalue weighted by Crippen LogP contribution is 2.22. The van der Waals surface area contributed by atoms with Gasteiger partial charge in [0.15, 0.2) is 0 Å². The van der Waals surface area contributed by atoms with E-state index in [0.717, 1.165) is 25.7 Å². The van der Waals surface area contributed by atoms with Crippen LogP contribution in [0.3, 0.4) is 0 Å². The Kier molecular flexibility index (Phi) is 9.37. The summed E-state index contributed by atoms with van der Waals surface area (Å²) in [6.07, 6.45) is 8.52. The minimum Gasteiger partial charge on any atom is -0.490 e. The molecule has 1 rings (SSSR count). The van der Waals surface area contributed by atoms with Gasteiger partial charge in [0.25, 0.3) is 10.1 Å². The van der Waals surface area contributed by atoms with Crippen LogP contribution in [0.25, 0.3) is 0 Å². The highest BCUT2D eigenvalue weighted by Gasteiger charge is 2.14. The molecule has 5 heteroatoms. The summed E-state index contributed by atoms with van der Waals surface area (Å²) in [5.74, 6) is 0.310. The van der Waals surface area contributed by atoms with Gasteiger partial charge in [-0.15, -0.1) is 0 Å². The van der Waals surface area contributed by atoms with Gasteiger partial charge in [0.05, 0.1) is 0 Å². The van der Waals surface area contributed by atoms with Crippen molar-refractivity contribution in [2.24, 2.45) is 0 Å². The topological polar surface area (TPSA) is 63.6 Å². The number of aryl methyl sites for hydroxylation is 2. The summed E-state index contributed by atoms with van der Waals surface area (Å²) in [7, 11) is -4.02. The van der Waals surface area contributed by atoms with E-state index in [4.69, 9.17) is 9.29 Å².